The van der Waals surface area contributed by atoms with Gasteiger partial charge in [0.1, 0.15) is 0 Å². The van der Waals surface area contributed by atoms with Crippen molar-refractivity contribution >= 4 is 17.6 Å². The second-order valence-electron chi connectivity index (χ2n) is 7.99. The highest BCUT2D eigenvalue weighted by Gasteiger charge is 2.18. The zero-order chi connectivity index (χ0) is 24.0. The molecule has 8 heteroatoms. The first-order valence-electron chi connectivity index (χ1n) is 10.7. The third-order valence-corrected chi connectivity index (χ3v) is 4.86. The number of anilines is 1. The molecule has 0 unspecified atom stereocenters. The largest absolute Gasteiger partial charge is 0.493 e. The van der Waals surface area contributed by atoms with Crippen LogP contribution in [0.4, 0.5) is 5.69 Å². The molecule has 33 heavy (non-hydrogen) atoms. The Labute approximate surface area is 193 Å². The molecule has 1 heterocycles. The summed E-state index contributed by atoms with van der Waals surface area (Å²) < 4.78 is 18.0. The minimum atomic E-state index is -0.632. The van der Waals surface area contributed by atoms with Gasteiger partial charge in [-0.15, -0.1) is 0 Å². The number of rotatable bonds is 9. The third kappa shape index (κ3) is 5.91. The van der Waals surface area contributed by atoms with Crippen molar-refractivity contribution in [3.05, 3.63) is 65.5 Å². The van der Waals surface area contributed by atoms with E-state index in [0.29, 0.717) is 35.4 Å². The summed E-state index contributed by atoms with van der Waals surface area (Å²) in [6, 6.07) is 14.4. The molecule has 3 aromatic rings. The van der Waals surface area contributed by atoms with Crippen LogP contribution in [0.3, 0.4) is 0 Å². The Morgan fingerprint density at radius 2 is 1.79 bits per heavy atom. The van der Waals surface area contributed by atoms with Gasteiger partial charge in [0.2, 0.25) is 0 Å². The van der Waals surface area contributed by atoms with Crippen LogP contribution in [0.5, 0.6) is 11.5 Å². The van der Waals surface area contributed by atoms with E-state index in [0.717, 1.165) is 11.4 Å². The maximum Gasteiger partial charge on any atom is 0.338 e. The molecule has 0 aliphatic rings. The Morgan fingerprint density at radius 3 is 2.45 bits per heavy atom. The lowest BCUT2D eigenvalue weighted by Gasteiger charge is -2.13. The SMILES string of the molecule is COc1cc(C(=O)OCC(=O)Nc2c(C)nn(-c3ccccc3)c2C)ccc1OCC(C)C. The van der Waals surface area contributed by atoms with Crippen LogP contribution in [0.25, 0.3) is 5.69 Å². The smallest absolute Gasteiger partial charge is 0.338 e. The number of carbonyl (C=O) groups excluding carboxylic acids is 2. The van der Waals surface area contributed by atoms with Crippen LogP contribution in [0.1, 0.15) is 35.6 Å². The molecule has 0 radical (unpaired) electrons. The van der Waals surface area contributed by atoms with Crippen molar-refractivity contribution in [3.63, 3.8) is 0 Å². The second-order valence-corrected chi connectivity index (χ2v) is 7.99. The van der Waals surface area contributed by atoms with Crippen molar-refractivity contribution in [2.75, 3.05) is 25.6 Å². The number of para-hydroxylation sites is 1. The third-order valence-electron chi connectivity index (χ3n) is 4.86. The normalized spacial score (nSPS) is 10.7. The van der Waals surface area contributed by atoms with Crippen LogP contribution in [-0.4, -0.2) is 42.0 Å². The summed E-state index contributed by atoms with van der Waals surface area (Å²) in [5, 5.41) is 7.29. The summed E-state index contributed by atoms with van der Waals surface area (Å²) in [7, 11) is 1.50. The molecule has 0 saturated heterocycles. The van der Waals surface area contributed by atoms with Crippen LogP contribution in [-0.2, 0) is 9.53 Å². The Balaban J connectivity index is 1.62. The van der Waals surface area contributed by atoms with Gasteiger partial charge in [0, 0.05) is 0 Å². The average Bonchev–Trinajstić information content (AvgIpc) is 3.09. The number of carbonyl (C=O) groups is 2. The van der Waals surface area contributed by atoms with Gasteiger partial charge in [0.15, 0.2) is 18.1 Å². The van der Waals surface area contributed by atoms with E-state index >= 15 is 0 Å². The molecule has 0 bridgehead atoms. The summed E-state index contributed by atoms with van der Waals surface area (Å²) in [6.07, 6.45) is 0. The number of hydrogen-bond donors (Lipinski definition) is 1. The average molecular weight is 452 g/mol. The lowest BCUT2D eigenvalue weighted by atomic mass is 10.2. The minimum absolute atomic E-state index is 0.265. The van der Waals surface area contributed by atoms with Crippen LogP contribution < -0.4 is 14.8 Å². The molecule has 1 amide bonds. The molecule has 0 spiro atoms. The highest BCUT2D eigenvalue weighted by molar-refractivity contribution is 5.96. The molecule has 0 aliphatic heterocycles. The predicted octanol–water partition coefficient (Wildman–Crippen LogP) is 4.33. The summed E-state index contributed by atoms with van der Waals surface area (Å²) in [6.45, 7) is 7.85. The maximum atomic E-state index is 12.5. The summed E-state index contributed by atoms with van der Waals surface area (Å²) >= 11 is 0. The summed E-state index contributed by atoms with van der Waals surface area (Å²) in [4.78, 5) is 24.9. The van der Waals surface area contributed by atoms with E-state index in [1.165, 1.54) is 13.2 Å². The number of aromatic nitrogens is 2. The van der Waals surface area contributed by atoms with Crippen molar-refractivity contribution in [3.8, 4) is 17.2 Å². The Morgan fingerprint density at radius 1 is 1.06 bits per heavy atom. The van der Waals surface area contributed by atoms with Gasteiger partial charge in [0.05, 0.1) is 42.0 Å². The van der Waals surface area contributed by atoms with E-state index in [2.05, 4.69) is 10.4 Å². The number of methoxy groups -OCH3 is 1. The first-order chi connectivity index (χ1) is 15.8. The number of hydrogen-bond acceptors (Lipinski definition) is 6. The first kappa shape index (κ1) is 23.8. The van der Waals surface area contributed by atoms with Crippen molar-refractivity contribution in [2.45, 2.75) is 27.7 Å². The fourth-order valence-electron chi connectivity index (χ4n) is 3.20. The molecule has 174 valence electrons. The molecule has 0 aliphatic carbocycles. The van der Waals surface area contributed by atoms with Crippen molar-refractivity contribution in [2.24, 2.45) is 5.92 Å². The topological polar surface area (TPSA) is 91.7 Å². The zero-order valence-corrected chi connectivity index (χ0v) is 19.5. The predicted molar refractivity (Wildman–Crippen MR) is 125 cm³/mol. The molecule has 2 aromatic carbocycles. The van der Waals surface area contributed by atoms with E-state index in [4.69, 9.17) is 14.2 Å². The molecule has 1 aromatic heterocycles. The van der Waals surface area contributed by atoms with E-state index in [9.17, 15) is 9.59 Å². The lowest BCUT2D eigenvalue weighted by Crippen LogP contribution is -2.21. The van der Waals surface area contributed by atoms with Crippen molar-refractivity contribution in [1.29, 1.82) is 0 Å². The zero-order valence-electron chi connectivity index (χ0n) is 19.5. The van der Waals surface area contributed by atoms with Gasteiger partial charge < -0.3 is 19.5 Å². The van der Waals surface area contributed by atoms with Crippen molar-refractivity contribution < 1.29 is 23.8 Å². The van der Waals surface area contributed by atoms with Gasteiger partial charge in [-0.05, 0) is 50.1 Å². The molecule has 3 rings (SSSR count). The molecular formula is C25H29N3O5. The molecule has 1 N–H and O–H groups in total. The molecule has 0 fully saturated rings. The molecule has 8 nitrogen and oxygen atoms in total. The van der Waals surface area contributed by atoms with Crippen LogP contribution >= 0.6 is 0 Å². The van der Waals surface area contributed by atoms with E-state index in [1.807, 2.05) is 58.0 Å². The Bertz CT molecular complexity index is 1120. The van der Waals surface area contributed by atoms with Crippen LogP contribution in [0.2, 0.25) is 0 Å². The molecule has 0 atom stereocenters. The second kappa shape index (κ2) is 10.7. The molecular weight excluding hydrogens is 422 g/mol. The van der Waals surface area contributed by atoms with Crippen LogP contribution in [0, 0.1) is 19.8 Å². The fourth-order valence-corrected chi connectivity index (χ4v) is 3.20. The Hall–Kier alpha value is -3.81. The standard InChI is InChI=1S/C25H29N3O5/c1-16(2)14-32-21-12-11-19(13-22(21)31-5)25(30)33-15-23(29)26-24-17(3)27-28(18(24)4)20-9-7-6-8-10-20/h6-13,16H,14-15H2,1-5H3,(H,26,29). The quantitative estimate of drug-likeness (QED) is 0.487. The summed E-state index contributed by atoms with van der Waals surface area (Å²) in [5.41, 5.74) is 3.19. The maximum absolute atomic E-state index is 12.5. The van der Waals surface area contributed by atoms with Crippen molar-refractivity contribution in [1.82, 2.24) is 9.78 Å². The number of amides is 1. The number of nitrogens with one attached hydrogen (secondary N) is 1. The highest BCUT2D eigenvalue weighted by Crippen LogP contribution is 2.29. The van der Waals surface area contributed by atoms with E-state index < -0.39 is 18.5 Å². The highest BCUT2D eigenvalue weighted by atomic mass is 16.5. The number of aryl methyl sites for hydroxylation is 1. The monoisotopic (exact) mass is 451 g/mol. The lowest BCUT2D eigenvalue weighted by molar-refractivity contribution is -0.119. The number of ether oxygens (including phenoxy) is 3. The minimum Gasteiger partial charge on any atom is -0.493 e. The first-order valence-corrected chi connectivity index (χ1v) is 10.7. The van der Waals surface area contributed by atoms with Gasteiger partial charge >= 0.3 is 5.97 Å². The number of nitrogens with zero attached hydrogens (tertiary/aromatic N) is 2. The Kier molecular flexibility index (Phi) is 7.71. The fraction of sp³-hybridized carbons (Fsp3) is 0.320. The van der Waals surface area contributed by atoms with Crippen LogP contribution in [0.15, 0.2) is 48.5 Å². The summed E-state index contributed by atoms with van der Waals surface area (Å²) in [5.74, 6) is 0.235. The van der Waals surface area contributed by atoms with Gasteiger partial charge in [-0.25, -0.2) is 9.48 Å². The van der Waals surface area contributed by atoms with Gasteiger partial charge in [-0.3, -0.25) is 4.79 Å². The number of esters is 1. The van der Waals surface area contributed by atoms with Gasteiger partial charge in [0.25, 0.3) is 5.91 Å². The van der Waals surface area contributed by atoms with E-state index in [1.54, 1.807) is 16.8 Å². The van der Waals surface area contributed by atoms with Gasteiger partial charge in [-0.1, -0.05) is 32.0 Å². The van der Waals surface area contributed by atoms with Gasteiger partial charge in [-0.2, -0.15) is 5.10 Å². The number of benzene rings is 2. The van der Waals surface area contributed by atoms with E-state index in [-0.39, 0.29) is 5.56 Å². The molecule has 0 saturated carbocycles.